The summed E-state index contributed by atoms with van der Waals surface area (Å²) in [5.74, 6) is 0. The van der Waals surface area contributed by atoms with Crippen molar-refractivity contribution in [1.29, 1.82) is 0 Å². The van der Waals surface area contributed by atoms with Gasteiger partial charge in [-0.1, -0.05) is 6.92 Å². The molecule has 1 fully saturated rings. The number of hydrogen-bond donors (Lipinski definition) is 2. The van der Waals surface area contributed by atoms with Crippen molar-refractivity contribution in [2.45, 2.75) is 36.4 Å². The maximum atomic E-state index is 12.2. The van der Waals surface area contributed by atoms with Crippen LogP contribution in [0.15, 0.2) is 16.3 Å². The highest BCUT2D eigenvalue weighted by Gasteiger charge is 2.27. The number of rotatable bonds is 10. The number of sulfonamides is 1. The lowest BCUT2D eigenvalue weighted by Gasteiger charge is -2.19. The number of thiophene rings is 1. The van der Waals surface area contributed by atoms with Crippen LogP contribution in [0, 0.1) is 0 Å². The number of hydrogen-bond acceptors (Lipinski definition) is 5. The first-order chi connectivity index (χ1) is 10.1. The van der Waals surface area contributed by atoms with E-state index in [4.69, 9.17) is 0 Å². The van der Waals surface area contributed by atoms with Gasteiger partial charge in [0, 0.05) is 24.0 Å². The van der Waals surface area contributed by atoms with E-state index in [9.17, 15) is 8.42 Å². The van der Waals surface area contributed by atoms with Gasteiger partial charge in [-0.15, -0.1) is 11.3 Å². The average molecular weight is 332 g/mol. The molecular formula is C14H25N3O2S2. The highest BCUT2D eigenvalue weighted by Crippen LogP contribution is 2.26. The molecule has 0 atom stereocenters. The zero-order chi connectivity index (χ0) is 15.3. The zero-order valence-electron chi connectivity index (χ0n) is 12.8. The Morgan fingerprint density at radius 3 is 2.71 bits per heavy atom. The summed E-state index contributed by atoms with van der Waals surface area (Å²) in [6.07, 6.45) is 3.36. The summed E-state index contributed by atoms with van der Waals surface area (Å²) in [6, 6.07) is 4.28. The Morgan fingerprint density at radius 1 is 1.33 bits per heavy atom. The van der Waals surface area contributed by atoms with Gasteiger partial charge in [-0.05, 0) is 51.5 Å². The van der Waals surface area contributed by atoms with Gasteiger partial charge in [-0.25, -0.2) is 13.1 Å². The fourth-order valence-corrected chi connectivity index (χ4v) is 4.74. The molecule has 0 bridgehead atoms. The van der Waals surface area contributed by atoms with E-state index in [-0.39, 0.29) is 0 Å². The molecule has 2 rings (SSSR count). The summed E-state index contributed by atoms with van der Waals surface area (Å²) < 4.78 is 27.6. The van der Waals surface area contributed by atoms with Crippen molar-refractivity contribution in [3.05, 3.63) is 17.0 Å². The van der Waals surface area contributed by atoms with E-state index in [1.54, 1.807) is 6.07 Å². The summed E-state index contributed by atoms with van der Waals surface area (Å²) >= 11 is 1.36. The normalized spacial score (nSPS) is 15.8. The summed E-state index contributed by atoms with van der Waals surface area (Å²) in [4.78, 5) is 3.44. The molecule has 0 unspecified atom stereocenters. The molecule has 0 radical (unpaired) electrons. The molecule has 0 saturated heterocycles. The number of likely N-dealkylation sites (N-methyl/N-ethyl adjacent to an activating group) is 2. The van der Waals surface area contributed by atoms with Gasteiger partial charge in [-0.3, -0.25) is 4.90 Å². The predicted octanol–water partition coefficient (Wildman–Crippen LogP) is 1.27. The Bertz CT molecular complexity index is 538. The third-order valence-electron chi connectivity index (χ3n) is 3.68. The van der Waals surface area contributed by atoms with Crippen molar-refractivity contribution >= 4 is 21.4 Å². The van der Waals surface area contributed by atoms with Gasteiger partial charge < -0.3 is 5.32 Å². The van der Waals surface area contributed by atoms with Gasteiger partial charge in [0.25, 0.3) is 0 Å². The lowest BCUT2D eigenvalue weighted by molar-refractivity contribution is 0.282. The second-order valence-corrected chi connectivity index (χ2v) is 8.49. The fourth-order valence-electron chi connectivity index (χ4n) is 2.32. The molecule has 120 valence electrons. The first kappa shape index (κ1) is 16.9. The van der Waals surface area contributed by atoms with Crippen LogP contribution in [0.4, 0.5) is 0 Å². The Hall–Kier alpha value is -0.470. The van der Waals surface area contributed by atoms with Crippen molar-refractivity contribution in [3.63, 3.8) is 0 Å². The van der Waals surface area contributed by atoms with Crippen LogP contribution in [0.3, 0.4) is 0 Å². The molecule has 1 aliphatic rings. The number of nitrogens with zero attached hydrogens (tertiary/aromatic N) is 1. The monoisotopic (exact) mass is 331 g/mol. The maximum absolute atomic E-state index is 12.2. The van der Waals surface area contributed by atoms with Crippen LogP contribution in [0.2, 0.25) is 0 Å². The van der Waals surface area contributed by atoms with Crippen LogP contribution in [0.25, 0.3) is 0 Å². The highest BCUT2D eigenvalue weighted by atomic mass is 32.2. The molecule has 1 saturated carbocycles. The molecule has 7 heteroatoms. The standard InChI is InChI=1S/C14H25N3O2S2/c1-3-17(12-4-5-12)11-10-16-21(18,19)14-7-6-13(20-14)8-9-15-2/h6-7,12,15-16H,3-5,8-11H2,1-2H3. The lowest BCUT2D eigenvalue weighted by atomic mass is 10.3. The van der Waals surface area contributed by atoms with Crippen molar-refractivity contribution in [2.24, 2.45) is 0 Å². The molecule has 0 aliphatic heterocycles. The summed E-state index contributed by atoms with van der Waals surface area (Å²) in [5, 5.41) is 3.07. The SMILES string of the molecule is CCN(CCNS(=O)(=O)c1ccc(CCNC)s1)C1CC1. The fraction of sp³-hybridized carbons (Fsp3) is 0.714. The molecule has 1 aromatic heterocycles. The van der Waals surface area contributed by atoms with Gasteiger partial charge in [0.15, 0.2) is 0 Å². The van der Waals surface area contributed by atoms with E-state index in [0.29, 0.717) is 16.8 Å². The van der Waals surface area contributed by atoms with E-state index in [1.807, 2.05) is 13.1 Å². The molecule has 5 nitrogen and oxygen atoms in total. The van der Waals surface area contributed by atoms with Crippen LogP contribution >= 0.6 is 11.3 Å². The van der Waals surface area contributed by atoms with E-state index in [1.165, 1.54) is 24.2 Å². The average Bonchev–Trinajstić information content (AvgIpc) is 3.18. The van der Waals surface area contributed by atoms with Crippen molar-refractivity contribution in [2.75, 3.05) is 33.2 Å². The lowest BCUT2D eigenvalue weighted by Crippen LogP contribution is -2.35. The summed E-state index contributed by atoms with van der Waals surface area (Å²) in [5.41, 5.74) is 0. The molecule has 0 spiro atoms. The first-order valence-electron chi connectivity index (χ1n) is 7.54. The Morgan fingerprint density at radius 2 is 2.10 bits per heavy atom. The molecule has 0 aromatic carbocycles. The minimum Gasteiger partial charge on any atom is -0.319 e. The Labute approximate surface area is 131 Å². The van der Waals surface area contributed by atoms with Crippen LogP contribution in [-0.2, 0) is 16.4 Å². The first-order valence-corrected chi connectivity index (χ1v) is 9.84. The molecule has 1 aliphatic carbocycles. The molecule has 1 aromatic rings. The molecular weight excluding hydrogens is 306 g/mol. The second kappa shape index (κ2) is 7.69. The van der Waals surface area contributed by atoms with Crippen molar-refractivity contribution in [1.82, 2.24) is 14.9 Å². The predicted molar refractivity (Wildman–Crippen MR) is 87.4 cm³/mol. The summed E-state index contributed by atoms with van der Waals surface area (Å²) in [7, 11) is -1.46. The van der Waals surface area contributed by atoms with Crippen LogP contribution in [0.1, 0.15) is 24.6 Å². The molecule has 0 amide bonds. The number of nitrogens with one attached hydrogen (secondary N) is 2. The van der Waals surface area contributed by atoms with Crippen LogP contribution < -0.4 is 10.0 Å². The smallest absolute Gasteiger partial charge is 0.250 e. The van der Waals surface area contributed by atoms with Crippen molar-refractivity contribution in [3.8, 4) is 0 Å². The highest BCUT2D eigenvalue weighted by molar-refractivity contribution is 7.91. The van der Waals surface area contributed by atoms with E-state index in [0.717, 1.165) is 30.9 Å². The minimum atomic E-state index is -3.35. The third-order valence-corrected chi connectivity index (χ3v) is 6.78. The Balaban J connectivity index is 1.84. The van der Waals surface area contributed by atoms with Gasteiger partial charge in [-0.2, -0.15) is 0 Å². The van der Waals surface area contributed by atoms with Crippen molar-refractivity contribution < 1.29 is 8.42 Å². The van der Waals surface area contributed by atoms with Crippen LogP contribution in [0.5, 0.6) is 0 Å². The van der Waals surface area contributed by atoms with Crippen LogP contribution in [-0.4, -0.2) is 52.6 Å². The second-order valence-electron chi connectivity index (χ2n) is 5.33. The summed E-state index contributed by atoms with van der Waals surface area (Å²) in [6.45, 7) is 5.24. The molecule has 2 N–H and O–H groups in total. The van der Waals surface area contributed by atoms with Gasteiger partial charge in [0.2, 0.25) is 10.0 Å². The van der Waals surface area contributed by atoms with Gasteiger partial charge in [0.05, 0.1) is 0 Å². The molecule has 1 heterocycles. The minimum absolute atomic E-state index is 0.420. The van der Waals surface area contributed by atoms with E-state index >= 15 is 0 Å². The zero-order valence-corrected chi connectivity index (χ0v) is 14.4. The third kappa shape index (κ3) is 5.03. The van der Waals surface area contributed by atoms with E-state index in [2.05, 4.69) is 21.9 Å². The van der Waals surface area contributed by atoms with Gasteiger partial charge in [0.1, 0.15) is 4.21 Å². The molecule has 21 heavy (non-hydrogen) atoms. The quantitative estimate of drug-likeness (QED) is 0.678. The van der Waals surface area contributed by atoms with E-state index < -0.39 is 10.0 Å². The van der Waals surface area contributed by atoms with Gasteiger partial charge >= 0.3 is 0 Å². The Kier molecular flexibility index (Phi) is 6.19. The topological polar surface area (TPSA) is 61.4 Å². The largest absolute Gasteiger partial charge is 0.319 e. The maximum Gasteiger partial charge on any atom is 0.250 e.